The van der Waals surface area contributed by atoms with Crippen LogP contribution in [0.5, 0.6) is 11.5 Å². The van der Waals surface area contributed by atoms with Crippen molar-refractivity contribution in [2.75, 3.05) is 6.61 Å². The summed E-state index contributed by atoms with van der Waals surface area (Å²) >= 11 is 0. The quantitative estimate of drug-likeness (QED) is 0.676. The second kappa shape index (κ2) is 6.17. The Bertz CT molecular complexity index is 689. The predicted molar refractivity (Wildman–Crippen MR) is 79.1 cm³/mol. The Morgan fingerprint density at radius 3 is 2.91 bits per heavy atom. The van der Waals surface area contributed by atoms with Crippen LogP contribution < -0.4 is 10.2 Å². The van der Waals surface area contributed by atoms with Crippen molar-refractivity contribution in [1.82, 2.24) is 4.98 Å². The van der Waals surface area contributed by atoms with Gasteiger partial charge in [-0.05, 0) is 42.2 Å². The number of pyridine rings is 1. The van der Waals surface area contributed by atoms with Gasteiger partial charge in [0.1, 0.15) is 17.2 Å². The number of ether oxygens (including phenoxy) is 2. The molecule has 1 aliphatic heterocycles. The zero-order valence-corrected chi connectivity index (χ0v) is 12.0. The van der Waals surface area contributed by atoms with E-state index in [-0.39, 0.29) is 5.69 Å². The summed E-state index contributed by atoms with van der Waals surface area (Å²) < 4.78 is 15.7. The molecule has 0 saturated carbocycles. The molecule has 1 N–H and O–H groups in total. The van der Waals surface area contributed by atoms with Crippen molar-refractivity contribution in [3.8, 4) is 11.5 Å². The number of hydrogen-bond donors (Lipinski definition) is 1. The number of hydrogen-bond acceptors (Lipinski definition) is 6. The summed E-state index contributed by atoms with van der Waals surface area (Å²) in [5.74, 6) is 0.660. The molecule has 0 unspecified atom stereocenters. The molecule has 2 heterocycles. The van der Waals surface area contributed by atoms with E-state index in [0.29, 0.717) is 24.7 Å². The van der Waals surface area contributed by atoms with Gasteiger partial charge < -0.3 is 19.2 Å². The topological polar surface area (TPSA) is 77.9 Å². The molecule has 0 saturated heterocycles. The van der Waals surface area contributed by atoms with Crippen LogP contribution in [-0.4, -0.2) is 29.7 Å². The van der Waals surface area contributed by atoms with E-state index in [0.717, 1.165) is 11.0 Å². The van der Waals surface area contributed by atoms with E-state index in [2.05, 4.69) is 4.98 Å². The van der Waals surface area contributed by atoms with Crippen molar-refractivity contribution >= 4 is 18.6 Å². The Kier molecular flexibility index (Phi) is 4.08. The van der Waals surface area contributed by atoms with E-state index in [1.807, 2.05) is 6.07 Å². The number of nitrogens with zero attached hydrogens (tertiary/aromatic N) is 1. The molecule has 0 bridgehead atoms. The van der Waals surface area contributed by atoms with Gasteiger partial charge in [-0.15, -0.1) is 0 Å². The maximum absolute atomic E-state index is 11.5. The second-order valence-electron chi connectivity index (χ2n) is 4.73. The molecule has 112 valence electrons. The Morgan fingerprint density at radius 2 is 2.18 bits per heavy atom. The summed E-state index contributed by atoms with van der Waals surface area (Å²) in [4.78, 5) is 15.5. The van der Waals surface area contributed by atoms with Gasteiger partial charge in [-0.25, -0.2) is 9.78 Å². The Morgan fingerprint density at radius 1 is 1.36 bits per heavy atom. The Hall–Kier alpha value is -2.38. The van der Waals surface area contributed by atoms with Crippen LogP contribution >= 0.6 is 0 Å². The maximum Gasteiger partial charge on any atom is 0.491 e. The molecule has 0 atom stereocenters. The average Bonchev–Trinajstić information content (AvgIpc) is 2.89. The lowest BCUT2D eigenvalue weighted by Crippen LogP contribution is -2.27. The zero-order valence-electron chi connectivity index (χ0n) is 12.0. The van der Waals surface area contributed by atoms with E-state index in [4.69, 9.17) is 14.1 Å². The number of esters is 1. The van der Waals surface area contributed by atoms with Crippen molar-refractivity contribution in [2.45, 2.75) is 13.5 Å². The smallest absolute Gasteiger partial charge is 0.461 e. The van der Waals surface area contributed by atoms with Gasteiger partial charge in [0.2, 0.25) is 0 Å². The number of rotatable bonds is 4. The molecule has 1 aliphatic rings. The molecule has 3 rings (SSSR count). The molecular formula is C15H14BNO5. The van der Waals surface area contributed by atoms with Gasteiger partial charge in [0.25, 0.3) is 0 Å². The molecule has 0 spiro atoms. The summed E-state index contributed by atoms with van der Waals surface area (Å²) in [6.45, 7) is 2.40. The Labute approximate surface area is 127 Å². The fraction of sp³-hybridized carbons (Fsp3) is 0.200. The van der Waals surface area contributed by atoms with Gasteiger partial charge in [0, 0.05) is 0 Å². The molecule has 7 heteroatoms. The minimum absolute atomic E-state index is 0.236. The first kappa shape index (κ1) is 14.6. The van der Waals surface area contributed by atoms with Crippen LogP contribution in [0.3, 0.4) is 0 Å². The fourth-order valence-corrected chi connectivity index (χ4v) is 2.17. The number of carbonyl (C=O) groups is 1. The van der Waals surface area contributed by atoms with E-state index in [1.54, 1.807) is 31.2 Å². The summed E-state index contributed by atoms with van der Waals surface area (Å²) in [7, 11) is -0.866. The normalized spacial score (nSPS) is 12.9. The lowest BCUT2D eigenvalue weighted by atomic mass is 9.80. The van der Waals surface area contributed by atoms with Gasteiger partial charge in [-0.1, -0.05) is 6.07 Å². The van der Waals surface area contributed by atoms with Crippen LogP contribution in [-0.2, 0) is 16.0 Å². The van der Waals surface area contributed by atoms with Crippen LogP contribution in [0.2, 0.25) is 0 Å². The summed E-state index contributed by atoms with van der Waals surface area (Å²) in [6, 6.07) is 8.52. The largest absolute Gasteiger partial charge is 0.491 e. The van der Waals surface area contributed by atoms with Gasteiger partial charge in [-0.2, -0.15) is 0 Å². The lowest BCUT2D eigenvalue weighted by Gasteiger charge is -2.07. The van der Waals surface area contributed by atoms with Crippen LogP contribution in [0.4, 0.5) is 0 Å². The molecule has 2 aromatic rings. The first-order valence-corrected chi connectivity index (χ1v) is 6.91. The molecule has 1 aromatic heterocycles. The molecule has 0 aliphatic carbocycles. The van der Waals surface area contributed by atoms with Crippen molar-refractivity contribution in [3.05, 3.63) is 47.8 Å². The second-order valence-corrected chi connectivity index (χ2v) is 4.73. The number of aromatic nitrogens is 1. The number of fused-ring (bicyclic) bond motifs is 1. The van der Waals surface area contributed by atoms with Crippen molar-refractivity contribution < 1.29 is 23.9 Å². The Balaban J connectivity index is 1.72. The third-order valence-electron chi connectivity index (χ3n) is 3.23. The van der Waals surface area contributed by atoms with Crippen LogP contribution in [0, 0.1) is 0 Å². The molecular weight excluding hydrogens is 285 g/mol. The maximum atomic E-state index is 11.5. The SMILES string of the molecule is CCOC(=O)c1ccc(Oc2ccc3c(c2)COB3O)cn1. The van der Waals surface area contributed by atoms with E-state index in [9.17, 15) is 9.82 Å². The minimum Gasteiger partial charge on any atom is -0.461 e. The average molecular weight is 299 g/mol. The molecule has 22 heavy (non-hydrogen) atoms. The van der Waals surface area contributed by atoms with E-state index < -0.39 is 13.1 Å². The zero-order chi connectivity index (χ0) is 15.5. The lowest BCUT2D eigenvalue weighted by molar-refractivity contribution is 0.0519. The van der Waals surface area contributed by atoms with Crippen LogP contribution in [0.15, 0.2) is 36.5 Å². The number of benzene rings is 1. The molecule has 6 nitrogen and oxygen atoms in total. The third-order valence-corrected chi connectivity index (χ3v) is 3.23. The molecule has 0 radical (unpaired) electrons. The fourth-order valence-electron chi connectivity index (χ4n) is 2.17. The summed E-state index contributed by atoms with van der Waals surface area (Å²) in [5.41, 5.74) is 1.88. The molecule has 0 amide bonds. The van der Waals surface area contributed by atoms with Gasteiger partial charge >= 0.3 is 13.1 Å². The monoisotopic (exact) mass is 299 g/mol. The summed E-state index contributed by atoms with van der Waals surface area (Å²) in [6.07, 6.45) is 1.46. The first-order chi connectivity index (χ1) is 10.7. The third kappa shape index (κ3) is 2.95. The highest BCUT2D eigenvalue weighted by Gasteiger charge is 2.27. The van der Waals surface area contributed by atoms with Gasteiger partial charge in [0.15, 0.2) is 0 Å². The highest BCUT2D eigenvalue weighted by molar-refractivity contribution is 6.61. The van der Waals surface area contributed by atoms with Crippen molar-refractivity contribution in [1.29, 1.82) is 0 Å². The van der Waals surface area contributed by atoms with Gasteiger partial charge in [-0.3, -0.25) is 0 Å². The highest BCUT2D eigenvalue weighted by Crippen LogP contribution is 2.23. The van der Waals surface area contributed by atoms with Crippen molar-refractivity contribution in [2.24, 2.45) is 0 Å². The van der Waals surface area contributed by atoms with E-state index in [1.165, 1.54) is 6.20 Å². The molecule has 1 aromatic carbocycles. The van der Waals surface area contributed by atoms with Crippen molar-refractivity contribution in [3.63, 3.8) is 0 Å². The summed E-state index contributed by atoms with van der Waals surface area (Å²) in [5, 5.41) is 9.57. The highest BCUT2D eigenvalue weighted by atomic mass is 16.5. The van der Waals surface area contributed by atoms with Crippen LogP contribution in [0.1, 0.15) is 23.0 Å². The van der Waals surface area contributed by atoms with E-state index >= 15 is 0 Å². The molecule has 0 fully saturated rings. The van der Waals surface area contributed by atoms with Gasteiger partial charge in [0.05, 0.1) is 19.4 Å². The number of carbonyl (C=O) groups excluding carboxylic acids is 1. The standard InChI is InChI=1S/C15H14BNO5/c1-2-20-15(18)14-6-4-12(8-17-14)22-11-3-5-13-10(7-11)9-21-16(13)19/h3-8,19H,2,9H2,1H3. The first-order valence-electron chi connectivity index (χ1n) is 6.91. The minimum atomic E-state index is -0.866. The predicted octanol–water partition coefficient (Wildman–Crippen LogP) is 1.27. The van der Waals surface area contributed by atoms with Crippen LogP contribution in [0.25, 0.3) is 0 Å².